The molecule has 2 rings (SSSR count). The van der Waals surface area contributed by atoms with Gasteiger partial charge in [-0.1, -0.05) is 46.0 Å². The van der Waals surface area contributed by atoms with Crippen LogP contribution in [0.5, 0.6) is 0 Å². The molecule has 0 aromatic heterocycles. The van der Waals surface area contributed by atoms with Crippen LogP contribution in [0.4, 0.5) is 0 Å². The Labute approximate surface area is 126 Å². The fourth-order valence-electron chi connectivity index (χ4n) is 4.10. The van der Waals surface area contributed by atoms with Crippen molar-refractivity contribution in [1.29, 1.82) is 0 Å². The third-order valence-corrected chi connectivity index (χ3v) is 5.54. The van der Waals surface area contributed by atoms with Crippen molar-refractivity contribution in [2.45, 2.75) is 90.1 Å². The number of nitrogens with zero attached hydrogens (tertiary/aromatic N) is 1. The van der Waals surface area contributed by atoms with Crippen LogP contribution in [0.15, 0.2) is 0 Å². The van der Waals surface area contributed by atoms with Crippen LogP contribution in [0.1, 0.15) is 78.1 Å². The molecule has 1 unspecified atom stereocenters. The van der Waals surface area contributed by atoms with Gasteiger partial charge in [0.1, 0.15) is 0 Å². The molecule has 0 spiro atoms. The molecule has 0 amide bonds. The summed E-state index contributed by atoms with van der Waals surface area (Å²) in [5, 5.41) is 0. The van der Waals surface area contributed by atoms with Crippen molar-refractivity contribution in [1.82, 2.24) is 4.90 Å². The van der Waals surface area contributed by atoms with Crippen LogP contribution in [-0.2, 0) is 0 Å². The first kappa shape index (κ1) is 16.3. The van der Waals surface area contributed by atoms with Crippen LogP contribution in [-0.4, -0.2) is 30.1 Å². The Balaban J connectivity index is 1.84. The lowest BCUT2D eigenvalue weighted by molar-refractivity contribution is 0.152. The zero-order valence-corrected chi connectivity index (χ0v) is 13.8. The number of rotatable bonds is 7. The molecule has 2 N–H and O–H groups in total. The zero-order valence-electron chi connectivity index (χ0n) is 13.8. The summed E-state index contributed by atoms with van der Waals surface area (Å²) in [6, 6.07) is 1.26. The minimum atomic E-state index is 0.420. The number of hydrogen-bond donors (Lipinski definition) is 1. The maximum atomic E-state index is 6.58. The van der Waals surface area contributed by atoms with E-state index in [1.54, 1.807) is 0 Å². The quantitative estimate of drug-likeness (QED) is 0.758. The number of hydrogen-bond acceptors (Lipinski definition) is 2. The molecule has 0 aliphatic heterocycles. The van der Waals surface area contributed by atoms with Crippen molar-refractivity contribution >= 4 is 0 Å². The summed E-state index contributed by atoms with van der Waals surface area (Å²) >= 11 is 0. The van der Waals surface area contributed by atoms with E-state index in [0.717, 1.165) is 24.4 Å². The maximum Gasteiger partial charge on any atom is 0.0196 e. The average Bonchev–Trinajstić information content (AvgIpc) is 2.98. The molecule has 2 heteroatoms. The van der Waals surface area contributed by atoms with Gasteiger partial charge in [0.25, 0.3) is 0 Å². The van der Waals surface area contributed by atoms with E-state index in [2.05, 4.69) is 18.7 Å². The summed E-state index contributed by atoms with van der Waals surface area (Å²) in [5.41, 5.74) is 6.58. The summed E-state index contributed by atoms with van der Waals surface area (Å²) in [4.78, 5) is 2.76. The topological polar surface area (TPSA) is 29.3 Å². The highest BCUT2D eigenvalue weighted by atomic mass is 15.2. The van der Waals surface area contributed by atoms with Crippen molar-refractivity contribution in [3.63, 3.8) is 0 Å². The van der Waals surface area contributed by atoms with Crippen molar-refractivity contribution < 1.29 is 0 Å². The van der Waals surface area contributed by atoms with E-state index in [0.29, 0.717) is 6.04 Å². The Morgan fingerprint density at radius 2 is 1.55 bits per heavy atom. The first-order chi connectivity index (χ1) is 9.66. The normalized spacial score (nSPS) is 23.9. The molecule has 2 fully saturated rings. The van der Waals surface area contributed by atoms with E-state index in [1.807, 2.05) is 0 Å². The second-order valence-electron chi connectivity index (χ2n) is 7.68. The molecule has 0 saturated heterocycles. The van der Waals surface area contributed by atoms with Crippen LogP contribution < -0.4 is 5.73 Å². The largest absolute Gasteiger partial charge is 0.326 e. The van der Waals surface area contributed by atoms with E-state index in [-0.39, 0.29) is 0 Å². The highest BCUT2D eigenvalue weighted by Gasteiger charge is 2.27. The van der Waals surface area contributed by atoms with Gasteiger partial charge < -0.3 is 5.73 Å². The highest BCUT2D eigenvalue weighted by Crippen LogP contribution is 2.28. The van der Waals surface area contributed by atoms with E-state index < -0.39 is 0 Å². The predicted molar refractivity (Wildman–Crippen MR) is 87.8 cm³/mol. The van der Waals surface area contributed by atoms with Crippen LogP contribution in [0.25, 0.3) is 0 Å². The zero-order chi connectivity index (χ0) is 14.4. The molecule has 0 bridgehead atoms. The maximum absolute atomic E-state index is 6.58. The molecule has 2 nitrogen and oxygen atoms in total. The standard InChI is InChI=1S/C18H36N2/c1-15(2)12-13-20(17-10-6-7-11-17)14-18(19)16-8-4-3-5-9-16/h15-18H,3-14,19H2,1-2H3. The molecule has 2 saturated carbocycles. The van der Waals surface area contributed by atoms with Crippen molar-refractivity contribution in [3.05, 3.63) is 0 Å². The molecule has 0 radical (unpaired) electrons. The van der Waals surface area contributed by atoms with Gasteiger partial charge in [-0.05, 0) is 50.5 Å². The minimum Gasteiger partial charge on any atom is -0.326 e. The minimum absolute atomic E-state index is 0.420. The van der Waals surface area contributed by atoms with Gasteiger partial charge in [-0.15, -0.1) is 0 Å². The Kier molecular flexibility index (Phi) is 6.83. The molecule has 20 heavy (non-hydrogen) atoms. The summed E-state index contributed by atoms with van der Waals surface area (Å²) in [5.74, 6) is 1.61. The van der Waals surface area contributed by atoms with E-state index in [9.17, 15) is 0 Å². The lowest BCUT2D eigenvalue weighted by Crippen LogP contribution is -2.46. The predicted octanol–water partition coefficient (Wildman–Crippen LogP) is 4.18. The van der Waals surface area contributed by atoms with Gasteiger partial charge in [0.2, 0.25) is 0 Å². The summed E-state index contributed by atoms with van der Waals surface area (Å²) in [6.07, 6.45) is 14.0. The Bertz CT molecular complexity index is 252. The third-order valence-electron chi connectivity index (χ3n) is 5.54. The summed E-state index contributed by atoms with van der Waals surface area (Å²) in [7, 11) is 0. The number of nitrogens with two attached hydrogens (primary N) is 1. The Morgan fingerprint density at radius 3 is 2.15 bits per heavy atom. The summed E-state index contributed by atoms with van der Waals surface area (Å²) in [6.45, 7) is 7.10. The van der Waals surface area contributed by atoms with Crippen molar-refractivity contribution in [3.8, 4) is 0 Å². The smallest absolute Gasteiger partial charge is 0.0196 e. The molecule has 2 aliphatic rings. The fourth-order valence-corrected chi connectivity index (χ4v) is 4.10. The molecular weight excluding hydrogens is 244 g/mol. The summed E-state index contributed by atoms with van der Waals surface area (Å²) < 4.78 is 0. The van der Waals surface area contributed by atoms with Gasteiger partial charge in [-0.25, -0.2) is 0 Å². The van der Waals surface area contributed by atoms with E-state index in [4.69, 9.17) is 5.73 Å². The van der Waals surface area contributed by atoms with Gasteiger partial charge in [-0.3, -0.25) is 4.90 Å². The SMILES string of the molecule is CC(C)CCN(CC(N)C1CCCCC1)C1CCCC1. The van der Waals surface area contributed by atoms with Crippen LogP contribution >= 0.6 is 0 Å². The first-order valence-corrected chi connectivity index (χ1v) is 9.16. The third kappa shape index (κ3) is 5.04. The van der Waals surface area contributed by atoms with Crippen LogP contribution in [0.3, 0.4) is 0 Å². The van der Waals surface area contributed by atoms with Gasteiger partial charge in [0, 0.05) is 18.6 Å². The molecule has 0 aromatic rings. The second kappa shape index (κ2) is 8.38. The van der Waals surface area contributed by atoms with Crippen molar-refractivity contribution in [2.75, 3.05) is 13.1 Å². The molecule has 2 aliphatic carbocycles. The molecule has 1 atom stereocenters. The lowest BCUT2D eigenvalue weighted by atomic mass is 9.84. The van der Waals surface area contributed by atoms with Crippen molar-refractivity contribution in [2.24, 2.45) is 17.6 Å². The van der Waals surface area contributed by atoms with Crippen LogP contribution in [0, 0.1) is 11.8 Å². The van der Waals surface area contributed by atoms with Gasteiger partial charge in [0.05, 0.1) is 0 Å². The van der Waals surface area contributed by atoms with Gasteiger partial charge in [-0.2, -0.15) is 0 Å². The molecule has 0 aromatic carbocycles. The van der Waals surface area contributed by atoms with Gasteiger partial charge >= 0.3 is 0 Å². The Hall–Kier alpha value is -0.0800. The monoisotopic (exact) mass is 280 g/mol. The molecular formula is C18H36N2. The average molecular weight is 280 g/mol. The lowest BCUT2D eigenvalue weighted by Gasteiger charge is -2.35. The highest BCUT2D eigenvalue weighted by molar-refractivity contribution is 4.84. The van der Waals surface area contributed by atoms with E-state index in [1.165, 1.54) is 70.8 Å². The van der Waals surface area contributed by atoms with Gasteiger partial charge in [0.15, 0.2) is 0 Å². The van der Waals surface area contributed by atoms with E-state index >= 15 is 0 Å². The molecule has 118 valence electrons. The molecule has 0 heterocycles. The first-order valence-electron chi connectivity index (χ1n) is 9.16. The second-order valence-corrected chi connectivity index (χ2v) is 7.68. The Morgan fingerprint density at radius 1 is 0.950 bits per heavy atom. The van der Waals surface area contributed by atoms with Crippen LogP contribution in [0.2, 0.25) is 0 Å². The fraction of sp³-hybridized carbons (Fsp3) is 1.00.